The van der Waals surface area contributed by atoms with E-state index < -0.39 is 5.60 Å². The Morgan fingerprint density at radius 3 is 2.39 bits per heavy atom. The largest absolute Gasteiger partial charge is 0.461 e. The van der Waals surface area contributed by atoms with Crippen molar-refractivity contribution in [2.24, 2.45) is 0 Å². The van der Waals surface area contributed by atoms with Gasteiger partial charge in [0.15, 0.2) is 0 Å². The van der Waals surface area contributed by atoms with Gasteiger partial charge in [-0.2, -0.15) is 9.97 Å². The van der Waals surface area contributed by atoms with E-state index >= 15 is 0 Å². The van der Waals surface area contributed by atoms with Crippen LogP contribution in [0.25, 0.3) is 10.8 Å². The minimum absolute atomic E-state index is 0.113. The minimum Gasteiger partial charge on any atom is -0.461 e. The fraction of sp³-hybridized carbons (Fsp3) is 0.583. The Morgan fingerprint density at radius 2 is 1.67 bits per heavy atom. The Bertz CT molecular complexity index is 1630. The molecule has 4 fully saturated rings. The van der Waals surface area contributed by atoms with Crippen LogP contribution in [0, 0.1) is 0 Å². The number of ether oxygens (including phenoxy) is 2. The number of rotatable bonds is 5. The molecular formula is C36H45BrN6O3. The van der Waals surface area contributed by atoms with Gasteiger partial charge < -0.3 is 19.3 Å². The van der Waals surface area contributed by atoms with Crippen LogP contribution in [0.4, 0.5) is 16.3 Å². The van der Waals surface area contributed by atoms with Crippen molar-refractivity contribution in [3.05, 3.63) is 52.1 Å². The molecule has 5 aliphatic heterocycles. The number of aromatic nitrogens is 2. The van der Waals surface area contributed by atoms with Gasteiger partial charge in [0.1, 0.15) is 18.0 Å². The van der Waals surface area contributed by atoms with Crippen molar-refractivity contribution in [1.82, 2.24) is 19.8 Å². The van der Waals surface area contributed by atoms with Crippen molar-refractivity contribution < 1.29 is 14.3 Å². The molecule has 0 saturated carbocycles. The lowest BCUT2D eigenvalue weighted by Gasteiger charge is -2.43. The van der Waals surface area contributed by atoms with Crippen molar-refractivity contribution in [1.29, 1.82) is 0 Å². The van der Waals surface area contributed by atoms with E-state index in [9.17, 15) is 4.79 Å². The third-order valence-electron chi connectivity index (χ3n) is 10.9. The fourth-order valence-electron chi connectivity index (χ4n) is 8.79. The number of halogens is 1. The Hall–Kier alpha value is -3.11. The Balaban J connectivity index is 1.11. The number of piperazine rings is 1. The molecule has 46 heavy (non-hydrogen) atoms. The van der Waals surface area contributed by atoms with Crippen LogP contribution in [0.1, 0.15) is 70.6 Å². The summed E-state index contributed by atoms with van der Waals surface area (Å²) in [6, 6.07) is 13.7. The second-order valence-electron chi connectivity index (χ2n) is 14.9. The molecule has 10 heteroatoms. The van der Waals surface area contributed by atoms with Gasteiger partial charge in [-0.05, 0) is 96.3 Å². The second-order valence-corrected chi connectivity index (χ2v) is 15.8. The molecule has 0 N–H and O–H groups in total. The summed E-state index contributed by atoms with van der Waals surface area (Å²) in [6.07, 6.45) is 7.48. The Morgan fingerprint density at radius 1 is 0.957 bits per heavy atom. The maximum Gasteiger partial charge on any atom is 0.410 e. The molecule has 2 atom stereocenters. The highest BCUT2D eigenvalue weighted by atomic mass is 79.9. The molecule has 0 aliphatic carbocycles. The fourth-order valence-corrected chi connectivity index (χ4v) is 9.27. The smallest absolute Gasteiger partial charge is 0.410 e. The van der Waals surface area contributed by atoms with Crippen LogP contribution in [0.5, 0.6) is 6.01 Å². The first kappa shape index (κ1) is 30.2. The molecule has 0 radical (unpaired) electrons. The average molecular weight is 690 g/mol. The van der Waals surface area contributed by atoms with Crippen LogP contribution in [0.2, 0.25) is 0 Å². The number of carbonyl (C=O) groups excluding carboxylic acids is 1. The molecule has 6 heterocycles. The first-order valence-electron chi connectivity index (χ1n) is 17.1. The number of nitrogens with zero attached hydrogens (tertiary/aromatic N) is 6. The summed E-state index contributed by atoms with van der Waals surface area (Å²) in [6.45, 7) is 11.9. The van der Waals surface area contributed by atoms with Gasteiger partial charge in [-0.15, -0.1) is 0 Å². The quantitative estimate of drug-likeness (QED) is 0.299. The standard InChI is InChI=1S/C36H45BrN6O3/c1-35(2,3)46-34(44)43-24-10-11-25(43)21-41(20-24)32-28-14-19-40(31-13-12-29(37)26-8-4-5-9-27(26)31)22-30(28)38-33(39-32)45-23-36-15-6-17-42(36)18-7-16-36/h4-5,8-9,12-13,24-25H,6-7,10-11,14-23H2,1-3H3/t24-,25-/m0/s1. The van der Waals surface area contributed by atoms with Crippen molar-refractivity contribution in [2.45, 2.75) is 95.5 Å². The number of hydrogen-bond donors (Lipinski definition) is 0. The number of fused-ring (bicyclic) bond motifs is 5. The summed E-state index contributed by atoms with van der Waals surface area (Å²) in [5.74, 6) is 0.994. The van der Waals surface area contributed by atoms with Crippen LogP contribution in [-0.2, 0) is 17.7 Å². The zero-order valence-corrected chi connectivity index (χ0v) is 28.9. The summed E-state index contributed by atoms with van der Waals surface area (Å²) in [5.41, 5.74) is 3.11. The molecule has 244 valence electrons. The van der Waals surface area contributed by atoms with Crippen LogP contribution in [-0.4, -0.2) is 88.4 Å². The van der Waals surface area contributed by atoms with Gasteiger partial charge in [0.25, 0.3) is 0 Å². The maximum atomic E-state index is 13.2. The van der Waals surface area contributed by atoms with E-state index in [4.69, 9.17) is 19.4 Å². The number of hydrogen-bond acceptors (Lipinski definition) is 8. The van der Waals surface area contributed by atoms with E-state index in [1.165, 1.54) is 60.8 Å². The molecule has 5 aliphatic rings. The summed E-state index contributed by atoms with van der Waals surface area (Å²) in [5, 5.41) is 2.45. The van der Waals surface area contributed by atoms with Crippen molar-refractivity contribution in [3.8, 4) is 6.01 Å². The third-order valence-corrected chi connectivity index (χ3v) is 11.6. The molecule has 4 saturated heterocycles. The Kier molecular flexibility index (Phi) is 7.59. The van der Waals surface area contributed by atoms with E-state index in [2.05, 4.69) is 67.0 Å². The lowest BCUT2D eigenvalue weighted by Crippen LogP contribution is -2.57. The van der Waals surface area contributed by atoms with Crippen molar-refractivity contribution in [3.63, 3.8) is 0 Å². The zero-order valence-electron chi connectivity index (χ0n) is 27.3. The molecule has 0 spiro atoms. The van der Waals surface area contributed by atoms with Crippen LogP contribution in [0.15, 0.2) is 40.9 Å². The van der Waals surface area contributed by atoms with Gasteiger partial charge in [-0.25, -0.2) is 4.79 Å². The van der Waals surface area contributed by atoms with E-state index in [1.54, 1.807) is 0 Å². The summed E-state index contributed by atoms with van der Waals surface area (Å²) < 4.78 is 13.5. The maximum absolute atomic E-state index is 13.2. The van der Waals surface area contributed by atoms with Gasteiger partial charge in [-0.3, -0.25) is 9.80 Å². The minimum atomic E-state index is -0.509. The SMILES string of the molecule is CC(C)(C)OC(=O)N1[C@H]2CC[C@H]1CN(c1nc(OCC34CCCN3CCC4)nc3c1CCN(c1ccc(Br)c4ccccc14)C3)C2. The monoisotopic (exact) mass is 688 g/mol. The normalized spacial score (nSPS) is 24.0. The van der Waals surface area contributed by atoms with Gasteiger partial charge in [0, 0.05) is 40.7 Å². The molecule has 2 bridgehead atoms. The molecule has 2 aromatic carbocycles. The first-order chi connectivity index (χ1) is 22.2. The van der Waals surface area contributed by atoms with Crippen LogP contribution < -0.4 is 14.5 Å². The lowest BCUT2D eigenvalue weighted by molar-refractivity contribution is 0.0122. The predicted octanol–water partition coefficient (Wildman–Crippen LogP) is 6.55. The molecular weight excluding hydrogens is 644 g/mol. The van der Waals surface area contributed by atoms with E-state index in [0.717, 1.165) is 54.9 Å². The molecule has 1 aromatic heterocycles. The van der Waals surface area contributed by atoms with Gasteiger partial charge in [0.2, 0.25) is 0 Å². The highest BCUT2D eigenvalue weighted by Crippen LogP contribution is 2.41. The third kappa shape index (κ3) is 5.39. The number of amides is 1. The molecule has 0 unspecified atom stereocenters. The average Bonchev–Trinajstić information content (AvgIpc) is 3.69. The molecule has 9 nitrogen and oxygen atoms in total. The van der Waals surface area contributed by atoms with Crippen LogP contribution in [0.3, 0.4) is 0 Å². The molecule has 8 rings (SSSR count). The first-order valence-corrected chi connectivity index (χ1v) is 17.9. The Labute approximate surface area is 280 Å². The van der Waals surface area contributed by atoms with Crippen LogP contribution >= 0.6 is 15.9 Å². The number of benzene rings is 2. The highest BCUT2D eigenvalue weighted by molar-refractivity contribution is 9.10. The number of anilines is 2. The molecule has 1 amide bonds. The summed E-state index contributed by atoms with van der Waals surface area (Å²) in [4.78, 5) is 33.0. The van der Waals surface area contributed by atoms with Gasteiger partial charge in [-0.1, -0.05) is 40.2 Å². The predicted molar refractivity (Wildman–Crippen MR) is 184 cm³/mol. The van der Waals surface area contributed by atoms with E-state index in [1.807, 2.05) is 25.7 Å². The van der Waals surface area contributed by atoms with Gasteiger partial charge >= 0.3 is 12.1 Å². The zero-order chi connectivity index (χ0) is 31.6. The topological polar surface area (TPSA) is 74.3 Å². The van der Waals surface area contributed by atoms with Crippen molar-refractivity contribution in [2.75, 3.05) is 49.1 Å². The summed E-state index contributed by atoms with van der Waals surface area (Å²) in [7, 11) is 0. The summed E-state index contributed by atoms with van der Waals surface area (Å²) >= 11 is 3.75. The number of carbonyl (C=O) groups is 1. The highest BCUT2D eigenvalue weighted by Gasteiger charge is 2.47. The van der Waals surface area contributed by atoms with Gasteiger partial charge in [0.05, 0.1) is 29.9 Å². The van der Waals surface area contributed by atoms with E-state index in [-0.39, 0.29) is 23.7 Å². The second kappa shape index (κ2) is 11.5. The lowest BCUT2D eigenvalue weighted by atomic mass is 9.95. The van der Waals surface area contributed by atoms with E-state index in [0.29, 0.717) is 19.2 Å². The van der Waals surface area contributed by atoms with Crippen molar-refractivity contribution >= 4 is 44.3 Å². The molecule has 3 aromatic rings.